The van der Waals surface area contributed by atoms with Gasteiger partial charge >= 0.3 is 0 Å². The summed E-state index contributed by atoms with van der Waals surface area (Å²) in [6, 6.07) is 11.3. The number of halogens is 2. The second-order valence-corrected chi connectivity index (χ2v) is 5.00. The Hall–Kier alpha value is -1.94. The van der Waals surface area contributed by atoms with Crippen molar-refractivity contribution in [2.75, 3.05) is 13.2 Å². The van der Waals surface area contributed by atoms with Crippen LogP contribution in [0.4, 0.5) is 8.78 Å². The van der Waals surface area contributed by atoms with Crippen molar-refractivity contribution in [2.24, 2.45) is 5.73 Å². The Balaban J connectivity index is 1.96. The molecule has 2 aromatic rings. The number of hydrogen-bond acceptors (Lipinski definition) is 2. The third kappa shape index (κ3) is 4.02. The van der Waals surface area contributed by atoms with Crippen molar-refractivity contribution in [3.05, 3.63) is 65.2 Å². The molecule has 0 saturated heterocycles. The molecule has 1 atom stereocenters. The lowest BCUT2D eigenvalue weighted by atomic mass is 9.92. The molecule has 0 aromatic heterocycles. The number of nitrogens with two attached hydrogens (primary N) is 1. The number of benzene rings is 2. The lowest BCUT2D eigenvalue weighted by Crippen LogP contribution is -2.16. The average molecular weight is 291 g/mol. The van der Waals surface area contributed by atoms with Crippen LogP contribution in [0.15, 0.2) is 42.5 Å². The molecular formula is C17H19F2NO. The van der Waals surface area contributed by atoms with Crippen molar-refractivity contribution >= 4 is 0 Å². The summed E-state index contributed by atoms with van der Waals surface area (Å²) in [5.74, 6) is -1.07. The van der Waals surface area contributed by atoms with Crippen molar-refractivity contribution in [3.8, 4) is 5.75 Å². The first-order valence-electron chi connectivity index (χ1n) is 6.95. The zero-order valence-corrected chi connectivity index (χ0v) is 12.0. The van der Waals surface area contributed by atoms with Crippen LogP contribution in [0.1, 0.15) is 23.5 Å². The van der Waals surface area contributed by atoms with Crippen LogP contribution in [-0.2, 0) is 0 Å². The van der Waals surface area contributed by atoms with Crippen LogP contribution in [0.3, 0.4) is 0 Å². The summed E-state index contributed by atoms with van der Waals surface area (Å²) in [5, 5.41) is 0. The molecule has 0 radical (unpaired) electrons. The van der Waals surface area contributed by atoms with Gasteiger partial charge in [0.2, 0.25) is 0 Å². The Morgan fingerprint density at radius 3 is 2.57 bits per heavy atom. The average Bonchev–Trinajstić information content (AvgIpc) is 2.47. The molecule has 0 heterocycles. The zero-order chi connectivity index (χ0) is 15.2. The molecule has 0 fully saturated rings. The highest BCUT2D eigenvalue weighted by Crippen LogP contribution is 2.23. The second-order valence-electron chi connectivity index (χ2n) is 5.00. The maximum atomic E-state index is 13.5. The third-order valence-electron chi connectivity index (χ3n) is 3.53. The smallest absolute Gasteiger partial charge is 0.167 e. The number of rotatable bonds is 6. The van der Waals surface area contributed by atoms with E-state index in [0.29, 0.717) is 19.6 Å². The van der Waals surface area contributed by atoms with Crippen LogP contribution >= 0.6 is 0 Å². The molecule has 21 heavy (non-hydrogen) atoms. The normalized spacial score (nSPS) is 12.2. The lowest BCUT2D eigenvalue weighted by molar-refractivity contribution is 0.283. The molecule has 0 aliphatic rings. The molecule has 4 heteroatoms. The number of hydrogen-bond donors (Lipinski definition) is 1. The molecule has 0 aliphatic carbocycles. The topological polar surface area (TPSA) is 35.2 Å². The van der Waals surface area contributed by atoms with Crippen molar-refractivity contribution in [1.82, 2.24) is 0 Å². The van der Waals surface area contributed by atoms with E-state index in [1.165, 1.54) is 23.3 Å². The van der Waals surface area contributed by atoms with Gasteiger partial charge in [-0.2, -0.15) is 0 Å². The summed E-state index contributed by atoms with van der Waals surface area (Å²) >= 11 is 0. The van der Waals surface area contributed by atoms with E-state index >= 15 is 0 Å². The Morgan fingerprint density at radius 2 is 1.90 bits per heavy atom. The van der Waals surface area contributed by atoms with Crippen LogP contribution in [0, 0.1) is 18.6 Å². The quantitative estimate of drug-likeness (QED) is 0.879. The fourth-order valence-electron chi connectivity index (χ4n) is 2.35. The van der Waals surface area contributed by atoms with Crippen LogP contribution in [-0.4, -0.2) is 13.2 Å². The van der Waals surface area contributed by atoms with Gasteiger partial charge < -0.3 is 10.5 Å². The zero-order valence-electron chi connectivity index (χ0n) is 12.0. The van der Waals surface area contributed by atoms with Crippen molar-refractivity contribution < 1.29 is 13.5 Å². The Labute approximate surface area is 123 Å². The molecule has 0 amide bonds. The molecule has 0 spiro atoms. The summed E-state index contributed by atoms with van der Waals surface area (Å²) in [7, 11) is 0. The van der Waals surface area contributed by atoms with Crippen LogP contribution < -0.4 is 10.5 Å². The summed E-state index contributed by atoms with van der Waals surface area (Å²) in [5.41, 5.74) is 8.19. The first-order valence-corrected chi connectivity index (χ1v) is 6.95. The van der Waals surface area contributed by atoms with E-state index in [1.54, 1.807) is 0 Å². The van der Waals surface area contributed by atoms with Gasteiger partial charge in [-0.05, 0) is 49.1 Å². The predicted octanol–water partition coefficient (Wildman–Crippen LogP) is 3.78. The van der Waals surface area contributed by atoms with Gasteiger partial charge in [-0.25, -0.2) is 8.78 Å². The Morgan fingerprint density at radius 1 is 1.14 bits per heavy atom. The number of aryl methyl sites for hydroxylation is 1. The van der Waals surface area contributed by atoms with Gasteiger partial charge in [-0.1, -0.05) is 24.3 Å². The molecule has 2 N–H and O–H groups in total. The third-order valence-corrected chi connectivity index (χ3v) is 3.53. The second kappa shape index (κ2) is 7.18. The summed E-state index contributed by atoms with van der Waals surface area (Å²) in [6.07, 6.45) is 0.679. The van der Waals surface area contributed by atoms with Gasteiger partial charge in [0, 0.05) is 6.07 Å². The van der Waals surface area contributed by atoms with E-state index in [9.17, 15) is 8.78 Å². The van der Waals surface area contributed by atoms with E-state index in [0.717, 1.165) is 6.07 Å². The van der Waals surface area contributed by atoms with Gasteiger partial charge in [0.25, 0.3) is 0 Å². The van der Waals surface area contributed by atoms with Gasteiger partial charge in [-0.3, -0.25) is 0 Å². The largest absolute Gasteiger partial charge is 0.490 e. The van der Waals surface area contributed by atoms with Gasteiger partial charge in [-0.15, -0.1) is 0 Å². The highest BCUT2D eigenvalue weighted by molar-refractivity contribution is 5.29. The van der Waals surface area contributed by atoms with E-state index in [1.807, 2.05) is 31.2 Å². The molecule has 0 bridgehead atoms. The Kier molecular flexibility index (Phi) is 5.28. The molecule has 0 saturated carbocycles. The minimum Gasteiger partial charge on any atom is -0.490 e. The monoisotopic (exact) mass is 291 g/mol. The highest BCUT2D eigenvalue weighted by Gasteiger charge is 2.13. The first-order chi connectivity index (χ1) is 10.1. The number of ether oxygens (including phenoxy) is 1. The van der Waals surface area contributed by atoms with E-state index < -0.39 is 11.6 Å². The standard InChI is InChI=1S/C17H19F2NO/c1-12-4-2-3-5-15(12)13(11-20)8-9-21-17-7-6-14(18)10-16(17)19/h2-7,10,13H,8-9,11,20H2,1H3. The molecule has 0 aliphatic heterocycles. The Bertz CT molecular complexity index is 601. The summed E-state index contributed by atoms with van der Waals surface area (Å²) < 4.78 is 31.6. The fourth-order valence-corrected chi connectivity index (χ4v) is 2.35. The molecule has 2 aromatic carbocycles. The molecular weight excluding hydrogens is 272 g/mol. The molecule has 2 rings (SSSR count). The molecule has 1 unspecified atom stereocenters. The summed E-state index contributed by atoms with van der Waals surface area (Å²) in [4.78, 5) is 0. The minimum atomic E-state index is -0.685. The van der Waals surface area contributed by atoms with Crippen LogP contribution in [0.5, 0.6) is 5.75 Å². The van der Waals surface area contributed by atoms with Crippen LogP contribution in [0.2, 0.25) is 0 Å². The van der Waals surface area contributed by atoms with Crippen molar-refractivity contribution in [2.45, 2.75) is 19.3 Å². The van der Waals surface area contributed by atoms with E-state index in [-0.39, 0.29) is 11.7 Å². The summed E-state index contributed by atoms with van der Waals surface area (Å²) in [6.45, 7) is 2.87. The predicted molar refractivity (Wildman–Crippen MR) is 79.4 cm³/mol. The lowest BCUT2D eigenvalue weighted by Gasteiger charge is -2.18. The van der Waals surface area contributed by atoms with E-state index in [4.69, 9.17) is 10.5 Å². The van der Waals surface area contributed by atoms with E-state index in [2.05, 4.69) is 0 Å². The SMILES string of the molecule is Cc1ccccc1C(CN)CCOc1ccc(F)cc1F. The van der Waals surface area contributed by atoms with Gasteiger partial charge in [0.05, 0.1) is 6.61 Å². The minimum absolute atomic E-state index is 0.0666. The van der Waals surface area contributed by atoms with Crippen LogP contribution in [0.25, 0.3) is 0 Å². The van der Waals surface area contributed by atoms with Crippen molar-refractivity contribution in [3.63, 3.8) is 0 Å². The fraction of sp³-hybridized carbons (Fsp3) is 0.294. The first kappa shape index (κ1) is 15.4. The van der Waals surface area contributed by atoms with Gasteiger partial charge in [0.1, 0.15) is 5.82 Å². The maximum Gasteiger partial charge on any atom is 0.167 e. The molecule has 2 nitrogen and oxygen atoms in total. The maximum absolute atomic E-state index is 13.5. The van der Waals surface area contributed by atoms with Gasteiger partial charge in [0.15, 0.2) is 11.6 Å². The molecule has 112 valence electrons. The highest BCUT2D eigenvalue weighted by atomic mass is 19.1. The van der Waals surface area contributed by atoms with Crippen molar-refractivity contribution in [1.29, 1.82) is 0 Å².